The number of likely N-dealkylation sites (tertiary alicyclic amines) is 1. The van der Waals surface area contributed by atoms with E-state index in [4.69, 9.17) is 5.73 Å². The first-order valence-corrected chi connectivity index (χ1v) is 5.76. The first-order chi connectivity index (χ1) is 7.31. The van der Waals surface area contributed by atoms with Gasteiger partial charge in [0.2, 0.25) is 0 Å². The van der Waals surface area contributed by atoms with E-state index in [1.165, 1.54) is 37.9 Å². The van der Waals surface area contributed by atoms with E-state index < -0.39 is 0 Å². The van der Waals surface area contributed by atoms with Gasteiger partial charge in [0, 0.05) is 12.2 Å². The van der Waals surface area contributed by atoms with Crippen LogP contribution >= 0.6 is 0 Å². The van der Waals surface area contributed by atoms with E-state index in [1.807, 2.05) is 12.3 Å². The Morgan fingerprint density at radius 3 is 3.07 bits per heavy atom. The van der Waals surface area contributed by atoms with E-state index in [2.05, 4.69) is 22.9 Å². The SMILES string of the molecule is CCCN1CCC[C@@H]1c1ccc(N)nc1. The number of nitrogen functional groups attached to an aromatic ring is 1. The normalized spacial score (nSPS) is 22.1. The van der Waals surface area contributed by atoms with Crippen molar-refractivity contribution in [2.45, 2.75) is 32.2 Å². The third-order valence-electron chi connectivity index (χ3n) is 3.07. The number of hydrogen-bond acceptors (Lipinski definition) is 3. The average molecular weight is 205 g/mol. The summed E-state index contributed by atoms with van der Waals surface area (Å²) in [5.74, 6) is 0.610. The van der Waals surface area contributed by atoms with Crippen molar-refractivity contribution in [3.63, 3.8) is 0 Å². The van der Waals surface area contributed by atoms with Gasteiger partial charge in [-0.25, -0.2) is 4.98 Å². The maximum atomic E-state index is 5.59. The highest BCUT2D eigenvalue weighted by atomic mass is 15.2. The lowest BCUT2D eigenvalue weighted by Gasteiger charge is -2.23. The molecular formula is C12H19N3. The molecule has 2 N–H and O–H groups in total. The van der Waals surface area contributed by atoms with Crippen molar-refractivity contribution in [1.82, 2.24) is 9.88 Å². The van der Waals surface area contributed by atoms with Crippen molar-refractivity contribution < 1.29 is 0 Å². The predicted molar refractivity (Wildman–Crippen MR) is 62.5 cm³/mol. The fourth-order valence-corrected chi connectivity index (χ4v) is 2.37. The summed E-state index contributed by atoms with van der Waals surface area (Å²) >= 11 is 0. The zero-order valence-corrected chi connectivity index (χ0v) is 9.32. The van der Waals surface area contributed by atoms with Crippen LogP contribution in [0.15, 0.2) is 18.3 Å². The predicted octanol–water partition coefficient (Wildman–Crippen LogP) is 2.21. The first-order valence-electron chi connectivity index (χ1n) is 5.76. The van der Waals surface area contributed by atoms with Crippen molar-refractivity contribution in [1.29, 1.82) is 0 Å². The molecule has 1 aliphatic rings. The van der Waals surface area contributed by atoms with Gasteiger partial charge in [0.25, 0.3) is 0 Å². The molecule has 1 aromatic heterocycles. The fraction of sp³-hybridized carbons (Fsp3) is 0.583. The second-order valence-electron chi connectivity index (χ2n) is 4.21. The lowest BCUT2D eigenvalue weighted by Crippen LogP contribution is -2.24. The zero-order chi connectivity index (χ0) is 10.7. The van der Waals surface area contributed by atoms with E-state index >= 15 is 0 Å². The van der Waals surface area contributed by atoms with Gasteiger partial charge in [-0.1, -0.05) is 13.0 Å². The molecule has 0 spiro atoms. The molecule has 1 saturated heterocycles. The first kappa shape index (κ1) is 10.4. The molecule has 0 aliphatic carbocycles. The number of pyridine rings is 1. The van der Waals surface area contributed by atoms with Crippen LogP contribution in [-0.4, -0.2) is 23.0 Å². The summed E-state index contributed by atoms with van der Waals surface area (Å²) in [6.07, 6.45) is 5.70. The van der Waals surface area contributed by atoms with Crippen LogP contribution in [0.2, 0.25) is 0 Å². The molecule has 2 heterocycles. The van der Waals surface area contributed by atoms with Gasteiger partial charge in [0.15, 0.2) is 0 Å². The molecule has 1 aromatic rings. The summed E-state index contributed by atoms with van der Waals surface area (Å²) in [6.45, 7) is 4.65. The zero-order valence-electron chi connectivity index (χ0n) is 9.32. The van der Waals surface area contributed by atoms with Crippen LogP contribution in [0.3, 0.4) is 0 Å². The maximum Gasteiger partial charge on any atom is 0.123 e. The van der Waals surface area contributed by atoms with Crippen LogP contribution in [0.4, 0.5) is 5.82 Å². The van der Waals surface area contributed by atoms with Crippen molar-refractivity contribution >= 4 is 5.82 Å². The molecule has 0 radical (unpaired) electrons. The van der Waals surface area contributed by atoms with Gasteiger partial charge in [-0.2, -0.15) is 0 Å². The minimum absolute atomic E-state index is 0.568. The third kappa shape index (κ3) is 2.29. The lowest BCUT2D eigenvalue weighted by molar-refractivity contribution is 0.257. The van der Waals surface area contributed by atoms with Gasteiger partial charge in [0.1, 0.15) is 5.82 Å². The Morgan fingerprint density at radius 2 is 2.40 bits per heavy atom. The molecule has 1 atom stereocenters. The van der Waals surface area contributed by atoms with Crippen molar-refractivity contribution in [3.8, 4) is 0 Å². The summed E-state index contributed by atoms with van der Waals surface area (Å²) in [5.41, 5.74) is 6.91. The molecule has 1 fully saturated rings. The van der Waals surface area contributed by atoms with Gasteiger partial charge in [0.05, 0.1) is 0 Å². The molecule has 0 aromatic carbocycles. The summed E-state index contributed by atoms with van der Waals surface area (Å²) in [5, 5.41) is 0. The molecule has 0 bridgehead atoms. The highest BCUT2D eigenvalue weighted by Crippen LogP contribution is 2.31. The Labute approximate surface area is 91.3 Å². The van der Waals surface area contributed by atoms with Gasteiger partial charge in [-0.15, -0.1) is 0 Å². The molecule has 0 unspecified atom stereocenters. The topological polar surface area (TPSA) is 42.1 Å². The van der Waals surface area contributed by atoms with Crippen LogP contribution < -0.4 is 5.73 Å². The van der Waals surface area contributed by atoms with E-state index in [0.717, 1.165) is 0 Å². The van der Waals surface area contributed by atoms with Crippen LogP contribution in [-0.2, 0) is 0 Å². The molecule has 0 amide bonds. The van der Waals surface area contributed by atoms with Crippen LogP contribution in [0.1, 0.15) is 37.8 Å². The standard InChI is InChI=1S/C12H19N3/c1-2-7-15-8-3-4-11(15)10-5-6-12(13)14-9-10/h5-6,9,11H,2-4,7-8H2,1H3,(H2,13,14)/t11-/m1/s1. The van der Waals surface area contributed by atoms with Gasteiger partial charge >= 0.3 is 0 Å². The van der Waals surface area contributed by atoms with Crippen molar-refractivity contribution in [2.24, 2.45) is 0 Å². The minimum Gasteiger partial charge on any atom is -0.384 e. The van der Waals surface area contributed by atoms with Crippen LogP contribution in [0, 0.1) is 0 Å². The Hall–Kier alpha value is -1.09. The third-order valence-corrected chi connectivity index (χ3v) is 3.07. The second-order valence-corrected chi connectivity index (χ2v) is 4.21. The van der Waals surface area contributed by atoms with Crippen molar-refractivity contribution in [3.05, 3.63) is 23.9 Å². The highest BCUT2D eigenvalue weighted by Gasteiger charge is 2.24. The monoisotopic (exact) mass is 205 g/mol. The minimum atomic E-state index is 0.568. The van der Waals surface area contributed by atoms with Gasteiger partial charge < -0.3 is 5.73 Å². The molecule has 2 rings (SSSR count). The summed E-state index contributed by atoms with van der Waals surface area (Å²) in [6, 6.07) is 4.58. The lowest BCUT2D eigenvalue weighted by atomic mass is 10.1. The maximum absolute atomic E-state index is 5.59. The van der Waals surface area contributed by atoms with E-state index in [0.29, 0.717) is 11.9 Å². The quantitative estimate of drug-likeness (QED) is 0.822. The average Bonchev–Trinajstić information content (AvgIpc) is 2.68. The Balaban J connectivity index is 2.11. The largest absolute Gasteiger partial charge is 0.384 e. The van der Waals surface area contributed by atoms with E-state index in [9.17, 15) is 0 Å². The van der Waals surface area contributed by atoms with E-state index in [1.54, 1.807) is 0 Å². The molecule has 3 heteroatoms. The number of nitrogens with two attached hydrogens (primary N) is 1. The molecule has 0 saturated carbocycles. The number of rotatable bonds is 3. The van der Waals surface area contributed by atoms with Gasteiger partial charge in [-0.05, 0) is 44.0 Å². The number of anilines is 1. The number of hydrogen-bond donors (Lipinski definition) is 1. The van der Waals surface area contributed by atoms with Crippen LogP contribution in [0.25, 0.3) is 0 Å². The van der Waals surface area contributed by atoms with E-state index in [-0.39, 0.29) is 0 Å². The second kappa shape index (κ2) is 4.62. The molecule has 15 heavy (non-hydrogen) atoms. The molecular weight excluding hydrogens is 186 g/mol. The van der Waals surface area contributed by atoms with Crippen LogP contribution in [0.5, 0.6) is 0 Å². The smallest absolute Gasteiger partial charge is 0.123 e. The fourth-order valence-electron chi connectivity index (χ4n) is 2.37. The summed E-state index contributed by atoms with van der Waals surface area (Å²) in [4.78, 5) is 6.72. The molecule has 82 valence electrons. The molecule has 1 aliphatic heterocycles. The number of nitrogens with zero attached hydrogens (tertiary/aromatic N) is 2. The Bertz CT molecular complexity index is 307. The highest BCUT2D eigenvalue weighted by molar-refractivity contribution is 5.30. The van der Waals surface area contributed by atoms with Crippen molar-refractivity contribution in [2.75, 3.05) is 18.8 Å². The summed E-state index contributed by atoms with van der Waals surface area (Å²) < 4.78 is 0. The number of aromatic nitrogens is 1. The molecule has 3 nitrogen and oxygen atoms in total. The summed E-state index contributed by atoms with van der Waals surface area (Å²) in [7, 11) is 0. The Kier molecular flexibility index (Phi) is 3.21. The Morgan fingerprint density at radius 1 is 1.53 bits per heavy atom. The van der Waals surface area contributed by atoms with Gasteiger partial charge in [-0.3, -0.25) is 4.90 Å².